The third-order valence-electron chi connectivity index (χ3n) is 2.57. The van der Waals surface area contributed by atoms with Gasteiger partial charge in [0.25, 0.3) is 0 Å². The average molecular weight is 321 g/mol. The van der Waals surface area contributed by atoms with E-state index < -0.39 is 23.1 Å². The van der Waals surface area contributed by atoms with Crippen LogP contribution in [0.2, 0.25) is 5.15 Å². The van der Waals surface area contributed by atoms with Crippen molar-refractivity contribution in [2.24, 2.45) is 0 Å². The Morgan fingerprint density at radius 1 is 1.19 bits per heavy atom. The molecule has 0 spiro atoms. The number of benzene rings is 1. The highest BCUT2D eigenvalue weighted by atomic mass is 35.5. The highest BCUT2D eigenvalue weighted by Gasteiger charge is 2.34. The highest BCUT2D eigenvalue weighted by Crippen LogP contribution is 2.36. The fraction of sp³-hybridized carbons (Fsp3) is 0.231. The Bertz CT molecular complexity index is 661. The molecule has 112 valence electrons. The molecule has 0 amide bonds. The minimum atomic E-state index is -4.66. The second-order valence-electron chi connectivity index (χ2n) is 4.13. The molecule has 0 aliphatic heterocycles. The van der Waals surface area contributed by atoms with Gasteiger partial charge in [-0.2, -0.15) is 13.2 Å². The summed E-state index contributed by atoms with van der Waals surface area (Å²) < 4.78 is 57.1. The molecule has 0 saturated heterocycles. The number of halogens is 5. The summed E-state index contributed by atoms with van der Waals surface area (Å²) in [7, 11) is 1.40. The summed E-state index contributed by atoms with van der Waals surface area (Å²) in [4.78, 5) is 7.66. The first-order valence-corrected chi connectivity index (χ1v) is 6.08. The molecular formula is C13H9ClF4N2O. The third kappa shape index (κ3) is 3.68. The molecule has 0 radical (unpaired) electrons. The molecule has 8 heteroatoms. The predicted molar refractivity (Wildman–Crippen MR) is 68.2 cm³/mol. The number of hydrogen-bond donors (Lipinski definition) is 0. The fourth-order valence-corrected chi connectivity index (χ4v) is 1.96. The van der Waals surface area contributed by atoms with E-state index in [9.17, 15) is 17.6 Å². The summed E-state index contributed by atoms with van der Waals surface area (Å²) in [5.74, 6) is -1.13. The Morgan fingerprint density at radius 3 is 2.52 bits per heavy atom. The standard InChI is InChI=1S/C13H9ClF4N2O/c1-21-6-8-5-11(14)20-12(19-8)9-4-7(15)2-3-10(9)13(16,17)18/h2-5H,6H2,1H3. The van der Waals surface area contributed by atoms with Crippen molar-refractivity contribution in [3.8, 4) is 11.4 Å². The predicted octanol–water partition coefficient (Wildman–Crippen LogP) is 4.10. The molecule has 0 aliphatic rings. The van der Waals surface area contributed by atoms with E-state index in [1.165, 1.54) is 13.2 Å². The largest absolute Gasteiger partial charge is 0.417 e. The first-order chi connectivity index (χ1) is 9.81. The summed E-state index contributed by atoms with van der Waals surface area (Å²) in [5.41, 5.74) is -1.21. The van der Waals surface area contributed by atoms with Gasteiger partial charge >= 0.3 is 6.18 Å². The van der Waals surface area contributed by atoms with Crippen LogP contribution >= 0.6 is 11.6 Å². The van der Waals surface area contributed by atoms with Gasteiger partial charge in [-0.25, -0.2) is 14.4 Å². The zero-order valence-corrected chi connectivity index (χ0v) is 11.5. The molecule has 0 unspecified atom stereocenters. The maximum atomic E-state index is 13.3. The minimum Gasteiger partial charge on any atom is -0.378 e. The number of aromatic nitrogens is 2. The van der Waals surface area contributed by atoms with Gasteiger partial charge in [-0.1, -0.05) is 11.6 Å². The Kier molecular flexibility index (Phi) is 4.43. The van der Waals surface area contributed by atoms with E-state index in [1.54, 1.807) is 0 Å². The normalized spacial score (nSPS) is 11.7. The van der Waals surface area contributed by atoms with Crippen molar-refractivity contribution in [1.29, 1.82) is 0 Å². The van der Waals surface area contributed by atoms with Crippen LogP contribution in [-0.2, 0) is 17.5 Å². The molecule has 0 N–H and O–H groups in total. The van der Waals surface area contributed by atoms with Crippen molar-refractivity contribution < 1.29 is 22.3 Å². The first-order valence-electron chi connectivity index (χ1n) is 5.71. The van der Waals surface area contributed by atoms with Gasteiger partial charge in [0, 0.05) is 12.7 Å². The van der Waals surface area contributed by atoms with Gasteiger partial charge in [-0.15, -0.1) is 0 Å². The number of rotatable bonds is 3. The number of alkyl halides is 3. The van der Waals surface area contributed by atoms with Crippen LogP contribution in [0.15, 0.2) is 24.3 Å². The molecule has 0 fully saturated rings. The summed E-state index contributed by atoms with van der Waals surface area (Å²) >= 11 is 5.76. The zero-order valence-electron chi connectivity index (χ0n) is 10.7. The SMILES string of the molecule is COCc1cc(Cl)nc(-c2cc(F)ccc2C(F)(F)F)n1. The molecule has 1 aromatic carbocycles. The second kappa shape index (κ2) is 5.95. The van der Waals surface area contributed by atoms with Gasteiger partial charge in [0.15, 0.2) is 5.82 Å². The summed E-state index contributed by atoms with van der Waals surface area (Å²) in [5, 5.41) is -0.0514. The van der Waals surface area contributed by atoms with Gasteiger partial charge in [0.05, 0.1) is 17.9 Å². The average Bonchev–Trinajstić information content (AvgIpc) is 2.36. The Morgan fingerprint density at radius 2 is 1.90 bits per heavy atom. The smallest absolute Gasteiger partial charge is 0.378 e. The minimum absolute atomic E-state index is 0.0475. The fourth-order valence-electron chi connectivity index (χ4n) is 1.76. The molecule has 1 heterocycles. The van der Waals surface area contributed by atoms with Crippen LogP contribution in [0.5, 0.6) is 0 Å². The van der Waals surface area contributed by atoms with Gasteiger partial charge in [0.2, 0.25) is 0 Å². The lowest BCUT2D eigenvalue weighted by Gasteiger charge is -2.12. The van der Waals surface area contributed by atoms with Crippen LogP contribution in [0.1, 0.15) is 11.3 Å². The van der Waals surface area contributed by atoms with Crippen molar-refractivity contribution in [3.05, 3.63) is 46.5 Å². The Labute approximate surface area is 122 Å². The van der Waals surface area contributed by atoms with Crippen LogP contribution in [0.3, 0.4) is 0 Å². The van der Waals surface area contributed by atoms with E-state index in [1.807, 2.05) is 0 Å². The lowest BCUT2D eigenvalue weighted by molar-refractivity contribution is -0.137. The van der Waals surface area contributed by atoms with Crippen molar-refractivity contribution in [2.75, 3.05) is 7.11 Å². The molecule has 0 bridgehead atoms. The van der Waals surface area contributed by atoms with Crippen LogP contribution in [0.25, 0.3) is 11.4 Å². The number of nitrogens with zero attached hydrogens (tertiary/aromatic N) is 2. The van der Waals surface area contributed by atoms with E-state index in [4.69, 9.17) is 16.3 Å². The molecule has 2 aromatic rings. The van der Waals surface area contributed by atoms with Crippen molar-refractivity contribution >= 4 is 11.6 Å². The van der Waals surface area contributed by atoms with Crippen LogP contribution in [0, 0.1) is 5.82 Å². The van der Waals surface area contributed by atoms with Crippen LogP contribution in [-0.4, -0.2) is 17.1 Å². The molecule has 0 saturated carbocycles. The monoisotopic (exact) mass is 320 g/mol. The maximum Gasteiger partial charge on any atom is 0.417 e. The zero-order chi connectivity index (χ0) is 15.6. The molecular weight excluding hydrogens is 312 g/mol. The lowest BCUT2D eigenvalue weighted by Crippen LogP contribution is -2.09. The molecule has 21 heavy (non-hydrogen) atoms. The molecule has 2 rings (SSSR count). The summed E-state index contributed by atoms with van der Waals surface area (Å²) in [6, 6.07) is 3.46. The van der Waals surface area contributed by atoms with E-state index in [2.05, 4.69) is 9.97 Å². The summed E-state index contributed by atoms with van der Waals surface area (Å²) in [6.45, 7) is 0.0475. The Hall–Kier alpha value is -1.73. The van der Waals surface area contributed by atoms with E-state index >= 15 is 0 Å². The lowest BCUT2D eigenvalue weighted by atomic mass is 10.1. The van der Waals surface area contributed by atoms with Crippen molar-refractivity contribution in [1.82, 2.24) is 9.97 Å². The van der Waals surface area contributed by atoms with Gasteiger partial charge in [0.1, 0.15) is 11.0 Å². The topological polar surface area (TPSA) is 35.0 Å². The number of ether oxygens (including phenoxy) is 1. The quantitative estimate of drug-likeness (QED) is 0.631. The molecule has 0 aliphatic carbocycles. The van der Waals surface area contributed by atoms with E-state index in [0.29, 0.717) is 11.8 Å². The van der Waals surface area contributed by atoms with Gasteiger partial charge in [-0.3, -0.25) is 0 Å². The first kappa shape index (κ1) is 15.7. The molecule has 0 atom stereocenters. The van der Waals surface area contributed by atoms with E-state index in [-0.39, 0.29) is 17.6 Å². The second-order valence-corrected chi connectivity index (χ2v) is 4.51. The van der Waals surface area contributed by atoms with Crippen molar-refractivity contribution in [2.45, 2.75) is 12.8 Å². The maximum absolute atomic E-state index is 13.3. The number of hydrogen-bond acceptors (Lipinski definition) is 3. The van der Waals surface area contributed by atoms with Crippen LogP contribution in [0.4, 0.5) is 17.6 Å². The summed E-state index contributed by atoms with van der Waals surface area (Å²) in [6.07, 6.45) is -4.66. The number of methoxy groups -OCH3 is 1. The van der Waals surface area contributed by atoms with Crippen LogP contribution < -0.4 is 0 Å². The molecule has 1 aromatic heterocycles. The van der Waals surface area contributed by atoms with Gasteiger partial charge in [-0.05, 0) is 24.3 Å². The van der Waals surface area contributed by atoms with E-state index in [0.717, 1.165) is 12.1 Å². The Balaban J connectivity index is 2.63. The third-order valence-corrected chi connectivity index (χ3v) is 2.76. The highest BCUT2D eigenvalue weighted by molar-refractivity contribution is 6.29. The molecule has 3 nitrogen and oxygen atoms in total. The van der Waals surface area contributed by atoms with Crippen molar-refractivity contribution in [3.63, 3.8) is 0 Å². The van der Waals surface area contributed by atoms with Gasteiger partial charge < -0.3 is 4.74 Å².